The van der Waals surface area contributed by atoms with Gasteiger partial charge in [0.1, 0.15) is 11.6 Å². The first-order valence-electron chi connectivity index (χ1n) is 8.89. The second-order valence-electron chi connectivity index (χ2n) is 6.83. The van der Waals surface area contributed by atoms with Gasteiger partial charge in [0.2, 0.25) is 11.8 Å². The van der Waals surface area contributed by atoms with Gasteiger partial charge < -0.3 is 10.5 Å². The maximum Gasteiger partial charge on any atom is 0.269 e. The molecule has 0 bridgehead atoms. The van der Waals surface area contributed by atoms with Gasteiger partial charge in [-0.25, -0.2) is 4.68 Å². The van der Waals surface area contributed by atoms with Gasteiger partial charge in [0, 0.05) is 12.1 Å². The molecule has 1 unspecified atom stereocenters. The lowest BCUT2D eigenvalue weighted by atomic mass is 9.84. The topological polar surface area (TPSA) is 120 Å². The second kappa shape index (κ2) is 6.80. The zero-order chi connectivity index (χ0) is 20.7. The first-order chi connectivity index (χ1) is 13.9. The Balaban J connectivity index is 1.89. The fourth-order valence-corrected chi connectivity index (χ4v) is 3.50. The lowest BCUT2D eigenvalue weighted by Gasteiger charge is -2.25. The highest BCUT2D eigenvalue weighted by molar-refractivity contribution is 5.57. The molecule has 144 valence electrons. The van der Waals surface area contributed by atoms with Crippen LogP contribution in [0.5, 0.6) is 5.88 Å². The molecule has 2 N–H and O–H groups in total. The van der Waals surface area contributed by atoms with Crippen molar-refractivity contribution in [3.63, 3.8) is 0 Å². The van der Waals surface area contributed by atoms with E-state index in [1.165, 1.54) is 12.1 Å². The highest BCUT2D eigenvalue weighted by atomic mass is 16.6. The van der Waals surface area contributed by atoms with Gasteiger partial charge in [-0.3, -0.25) is 10.1 Å². The second-order valence-corrected chi connectivity index (χ2v) is 6.83. The number of allylic oxidation sites excluding steroid dienone is 1. The standard InChI is InChI=1S/C21H17N5O3/c1-12-3-5-14(6-4-12)19-17(11-22)20(23)29-21-18(19)13(2)24-25(21)15-7-9-16(10-8-15)26(27)28/h3-10,19H,23H2,1-2H3. The number of nitro groups is 1. The summed E-state index contributed by atoms with van der Waals surface area (Å²) in [7, 11) is 0. The van der Waals surface area contributed by atoms with Crippen molar-refractivity contribution in [2.24, 2.45) is 5.73 Å². The Bertz CT molecular complexity index is 1180. The van der Waals surface area contributed by atoms with Gasteiger partial charge in [-0.1, -0.05) is 29.8 Å². The largest absolute Gasteiger partial charge is 0.422 e. The zero-order valence-electron chi connectivity index (χ0n) is 15.8. The van der Waals surface area contributed by atoms with Crippen molar-refractivity contribution < 1.29 is 9.66 Å². The summed E-state index contributed by atoms with van der Waals surface area (Å²) < 4.78 is 7.35. The van der Waals surface area contributed by atoms with Crippen LogP contribution in [-0.4, -0.2) is 14.7 Å². The molecule has 0 fully saturated rings. The van der Waals surface area contributed by atoms with Crippen LogP contribution in [0.2, 0.25) is 0 Å². The molecule has 29 heavy (non-hydrogen) atoms. The first-order valence-corrected chi connectivity index (χ1v) is 8.89. The number of benzene rings is 2. The number of nitro benzene ring substituents is 1. The van der Waals surface area contributed by atoms with Gasteiger partial charge >= 0.3 is 0 Å². The molecule has 2 aromatic carbocycles. The maximum atomic E-state index is 10.9. The minimum atomic E-state index is -0.461. The molecule has 1 aliphatic rings. The van der Waals surface area contributed by atoms with E-state index in [4.69, 9.17) is 10.5 Å². The Morgan fingerprint density at radius 3 is 2.41 bits per heavy atom. The quantitative estimate of drug-likeness (QED) is 0.541. The van der Waals surface area contributed by atoms with Crippen LogP contribution in [0.3, 0.4) is 0 Å². The van der Waals surface area contributed by atoms with E-state index in [1.807, 2.05) is 38.1 Å². The molecule has 0 spiro atoms. The van der Waals surface area contributed by atoms with Gasteiger partial charge in [0.25, 0.3) is 5.69 Å². The molecule has 3 aromatic rings. The lowest BCUT2D eigenvalue weighted by molar-refractivity contribution is -0.384. The summed E-state index contributed by atoms with van der Waals surface area (Å²) in [4.78, 5) is 10.5. The highest BCUT2D eigenvalue weighted by Crippen LogP contribution is 2.44. The van der Waals surface area contributed by atoms with E-state index < -0.39 is 10.8 Å². The van der Waals surface area contributed by atoms with Crippen molar-refractivity contribution in [2.75, 3.05) is 0 Å². The van der Waals surface area contributed by atoms with Gasteiger partial charge in [0.15, 0.2) is 0 Å². The van der Waals surface area contributed by atoms with Crippen LogP contribution in [0.25, 0.3) is 5.69 Å². The third kappa shape index (κ3) is 2.99. The fourth-order valence-electron chi connectivity index (χ4n) is 3.50. The van der Waals surface area contributed by atoms with E-state index in [0.29, 0.717) is 22.8 Å². The predicted molar refractivity (Wildman–Crippen MR) is 105 cm³/mol. The first kappa shape index (κ1) is 18.3. The summed E-state index contributed by atoms with van der Waals surface area (Å²) in [6.45, 7) is 3.83. The van der Waals surface area contributed by atoms with Crippen molar-refractivity contribution in [3.8, 4) is 17.6 Å². The van der Waals surface area contributed by atoms with Gasteiger partial charge in [-0.2, -0.15) is 10.4 Å². The summed E-state index contributed by atoms with van der Waals surface area (Å²) in [6.07, 6.45) is 0. The third-order valence-corrected chi connectivity index (χ3v) is 4.95. The van der Waals surface area contributed by atoms with Crippen LogP contribution in [0.4, 0.5) is 5.69 Å². The molecule has 0 radical (unpaired) electrons. The molecule has 0 amide bonds. The minimum Gasteiger partial charge on any atom is -0.422 e. The van der Waals surface area contributed by atoms with Crippen LogP contribution < -0.4 is 10.5 Å². The number of fused-ring (bicyclic) bond motifs is 1. The maximum absolute atomic E-state index is 10.9. The monoisotopic (exact) mass is 387 g/mol. The van der Waals surface area contributed by atoms with E-state index in [9.17, 15) is 15.4 Å². The molecular weight excluding hydrogens is 370 g/mol. The van der Waals surface area contributed by atoms with Gasteiger partial charge in [-0.05, 0) is 31.5 Å². The molecule has 2 heterocycles. The molecule has 1 atom stereocenters. The summed E-state index contributed by atoms with van der Waals surface area (Å²) in [5.41, 5.74) is 10.4. The minimum absolute atomic E-state index is 0.0175. The normalized spacial score (nSPS) is 15.4. The molecule has 0 saturated carbocycles. The number of ether oxygens (including phenoxy) is 1. The van der Waals surface area contributed by atoms with Crippen LogP contribution in [-0.2, 0) is 0 Å². The van der Waals surface area contributed by atoms with E-state index in [0.717, 1.165) is 16.7 Å². The van der Waals surface area contributed by atoms with Crippen LogP contribution in [0.15, 0.2) is 60.0 Å². The number of non-ortho nitro benzene ring substituents is 1. The number of hydrogen-bond acceptors (Lipinski definition) is 6. The smallest absolute Gasteiger partial charge is 0.269 e. The number of hydrogen-bond donors (Lipinski definition) is 1. The Labute approximate surface area is 166 Å². The molecule has 8 heteroatoms. The summed E-state index contributed by atoms with van der Waals surface area (Å²) in [5.74, 6) is 0.0169. The SMILES string of the molecule is Cc1ccc(C2C(C#N)=C(N)Oc3c2c(C)nn3-c2ccc([N+](=O)[O-])cc2)cc1. The van der Waals surface area contributed by atoms with Gasteiger partial charge in [0.05, 0.1) is 27.8 Å². The number of rotatable bonds is 3. The lowest BCUT2D eigenvalue weighted by Crippen LogP contribution is -2.22. The van der Waals surface area contributed by atoms with Crippen molar-refractivity contribution >= 4 is 5.69 Å². The van der Waals surface area contributed by atoms with E-state index >= 15 is 0 Å². The van der Waals surface area contributed by atoms with Gasteiger partial charge in [-0.15, -0.1) is 0 Å². The highest BCUT2D eigenvalue weighted by Gasteiger charge is 2.36. The Morgan fingerprint density at radius 2 is 1.83 bits per heavy atom. The van der Waals surface area contributed by atoms with Crippen LogP contribution >= 0.6 is 0 Å². The zero-order valence-corrected chi connectivity index (χ0v) is 15.8. The van der Waals surface area contributed by atoms with E-state index in [2.05, 4.69) is 11.2 Å². The molecule has 0 saturated heterocycles. The summed E-state index contributed by atoms with van der Waals surface area (Å²) >= 11 is 0. The third-order valence-electron chi connectivity index (χ3n) is 4.95. The van der Waals surface area contributed by atoms with E-state index in [-0.39, 0.29) is 11.6 Å². The van der Waals surface area contributed by atoms with Crippen LogP contribution in [0, 0.1) is 35.3 Å². The predicted octanol–water partition coefficient (Wildman–Crippen LogP) is 3.62. The van der Waals surface area contributed by atoms with Crippen molar-refractivity contribution in [1.29, 1.82) is 5.26 Å². The van der Waals surface area contributed by atoms with Crippen LogP contribution in [0.1, 0.15) is 28.3 Å². The molecule has 8 nitrogen and oxygen atoms in total. The summed E-state index contributed by atoms with van der Waals surface area (Å²) in [6, 6.07) is 16.0. The van der Waals surface area contributed by atoms with E-state index in [1.54, 1.807) is 16.8 Å². The number of nitrogens with two attached hydrogens (primary N) is 1. The average molecular weight is 387 g/mol. The molecule has 1 aliphatic heterocycles. The number of nitriles is 1. The Hall–Kier alpha value is -4.12. The molecular formula is C21H17N5O3. The average Bonchev–Trinajstić information content (AvgIpc) is 3.03. The fraction of sp³-hybridized carbons (Fsp3) is 0.143. The number of aryl methyl sites for hydroxylation is 2. The Kier molecular flexibility index (Phi) is 4.28. The summed E-state index contributed by atoms with van der Waals surface area (Å²) in [5, 5.41) is 25.2. The molecule has 4 rings (SSSR count). The number of aromatic nitrogens is 2. The Morgan fingerprint density at radius 1 is 1.17 bits per heavy atom. The number of nitrogens with zero attached hydrogens (tertiary/aromatic N) is 4. The molecule has 0 aliphatic carbocycles. The van der Waals surface area contributed by atoms with Crippen molar-refractivity contribution in [1.82, 2.24) is 9.78 Å². The van der Waals surface area contributed by atoms with Crippen molar-refractivity contribution in [3.05, 3.63) is 92.5 Å². The molecule has 1 aromatic heterocycles. The van der Waals surface area contributed by atoms with Crippen molar-refractivity contribution in [2.45, 2.75) is 19.8 Å².